The molecular formula is C16H18ClN5O2. The van der Waals surface area contributed by atoms with Gasteiger partial charge in [0.05, 0.1) is 5.57 Å². The van der Waals surface area contributed by atoms with Crippen LogP contribution in [0.3, 0.4) is 0 Å². The van der Waals surface area contributed by atoms with Crippen molar-refractivity contribution in [3.05, 3.63) is 46.1 Å². The van der Waals surface area contributed by atoms with Crippen molar-refractivity contribution in [2.75, 3.05) is 5.32 Å². The van der Waals surface area contributed by atoms with Crippen LogP contribution in [-0.4, -0.2) is 31.8 Å². The number of nitrogens with one attached hydrogen (secondary N) is 1. The predicted molar refractivity (Wildman–Crippen MR) is 89.6 cm³/mol. The maximum absolute atomic E-state index is 12.8. The first-order valence-electron chi connectivity index (χ1n) is 7.51. The molecule has 1 aromatic heterocycles. The SMILES string of the molecule is CC1=C(C(=O)OC(C)(C)C)[C@@H](c2ccccc2Cl)n2nnnc2N1. The monoisotopic (exact) mass is 347 g/mol. The summed E-state index contributed by atoms with van der Waals surface area (Å²) in [6, 6.07) is 6.75. The number of aromatic nitrogens is 4. The van der Waals surface area contributed by atoms with Gasteiger partial charge in [0.15, 0.2) is 0 Å². The van der Waals surface area contributed by atoms with Gasteiger partial charge in [-0.2, -0.15) is 4.68 Å². The predicted octanol–water partition coefficient (Wildman–Crippen LogP) is 2.96. The second kappa shape index (κ2) is 5.90. The van der Waals surface area contributed by atoms with Crippen LogP contribution in [0.25, 0.3) is 0 Å². The highest BCUT2D eigenvalue weighted by atomic mass is 35.5. The Morgan fingerprint density at radius 2 is 2.04 bits per heavy atom. The molecule has 1 aliphatic rings. The number of benzene rings is 1. The molecule has 2 heterocycles. The van der Waals surface area contributed by atoms with Gasteiger partial charge in [-0.05, 0) is 44.2 Å². The smallest absolute Gasteiger partial charge is 0.338 e. The number of hydrogen-bond donors (Lipinski definition) is 1. The van der Waals surface area contributed by atoms with Gasteiger partial charge in [-0.15, -0.1) is 0 Å². The number of rotatable bonds is 2. The number of carbonyl (C=O) groups excluding carboxylic acids is 1. The van der Waals surface area contributed by atoms with Crippen molar-refractivity contribution >= 4 is 23.5 Å². The summed E-state index contributed by atoms with van der Waals surface area (Å²) >= 11 is 6.36. The summed E-state index contributed by atoms with van der Waals surface area (Å²) in [6.07, 6.45) is 0. The maximum atomic E-state index is 12.8. The van der Waals surface area contributed by atoms with Gasteiger partial charge in [-0.25, -0.2) is 4.79 Å². The Hall–Kier alpha value is -2.41. The Morgan fingerprint density at radius 3 is 2.71 bits per heavy atom. The number of ether oxygens (including phenoxy) is 1. The molecule has 8 heteroatoms. The number of tetrazole rings is 1. The molecule has 1 N–H and O–H groups in total. The van der Waals surface area contributed by atoms with Crippen LogP contribution in [0.1, 0.15) is 39.3 Å². The fourth-order valence-electron chi connectivity index (χ4n) is 2.59. The van der Waals surface area contributed by atoms with E-state index in [1.54, 1.807) is 13.0 Å². The second-order valence-corrected chi connectivity index (χ2v) is 6.94. The lowest BCUT2D eigenvalue weighted by Gasteiger charge is -2.30. The van der Waals surface area contributed by atoms with Gasteiger partial charge in [-0.3, -0.25) is 0 Å². The first-order valence-corrected chi connectivity index (χ1v) is 7.89. The molecule has 1 aliphatic heterocycles. The van der Waals surface area contributed by atoms with E-state index < -0.39 is 17.6 Å². The van der Waals surface area contributed by atoms with Crippen molar-refractivity contribution in [1.29, 1.82) is 0 Å². The normalized spacial score (nSPS) is 17.3. The van der Waals surface area contributed by atoms with E-state index >= 15 is 0 Å². The second-order valence-electron chi connectivity index (χ2n) is 6.54. The van der Waals surface area contributed by atoms with E-state index in [1.807, 2.05) is 39.0 Å². The van der Waals surface area contributed by atoms with Gasteiger partial charge in [0.1, 0.15) is 11.6 Å². The Kier molecular flexibility index (Phi) is 4.04. The van der Waals surface area contributed by atoms with Crippen LogP contribution in [0.2, 0.25) is 5.02 Å². The Morgan fingerprint density at radius 1 is 1.33 bits per heavy atom. The molecule has 0 spiro atoms. The van der Waals surface area contributed by atoms with Gasteiger partial charge in [-0.1, -0.05) is 34.9 Å². The topological polar surface area (TPSA) is 81.9 Å². The molecule has 0 saturated carbocycles. The lowest BCUT2D eigenvalue weighted by Crippen LogP contribution is -2.33. The molecule has 2 aromatic rings. The van der Waals surface area contributed by atoms with E-state index in [1.165, 1.54) is 4.68 Å². The molecule has 126 valence electrons. The third-order valence-corrected chi connectivity index (χ3v) is 3.88. The molecule has 1 atom stereocenters. The van der Waals surface area contributed by atoms with Crippen molar-refractivity contribution in [3.8, 4) is 0 Å². The summed E-state index contributed by atoms with van der Waals surface area (Å²) in [7, 11) is 0. The Balaban J connectivity index is 2.14. The fourth-order valence-corrected chi connectivity index (χ4v) is 2.83. The number of anilines is 1. The summed E-state index contributed by atoms with van der Waals surface area (Å²) in [5.41, 5.74) is 1.18. The fraction of sp³-hybridized carbons (Fsp3) is 0.375. The van der Waals surface area contributed by atoms with Crippen LogP contribution in [-0.2, 0) is 9.53 Å². The van der Waals surface area contributed by atoms with Gasteiger partial charge in [0.2, 0.25) is 5.95 Å². The van der Waals surface area contributed by atoms with Crippen molar-refractivity contribution in [1.82, 2.24) is 20.2 Å². The zero-order valence-corrected chi connectivity index (χ0v) is 14.6. The van der Waals surface area contributed by atoms with Crippen molar-refractivity contribution in [2.24, 2.45) is 0 Å². The van der Waals surface area contributed by atoms with Crippen LogP contribution in [0.4, 0.5) is 5.95 Å². The summed E-state index contributed by atoms with van der Waals surface area (Å²) in [6.45, 7) is 7.26. The van der Waals surface area contributed by atoms with Crippen LogP contribution in [0, 0.1) is 0 Å². The minimum atomic E-state index is -0.615. The molecule has 0 radical (unpaired) electrons. The first kappa shape index (κ1) is 16.4. The zero-order valence-electron chi connectivity index (χ0n) is 13.9. The number of hydrogen-bond acceptors (Lipinski definition) is 6. The summed E-state index contributed by atoms with van der Waals surface area (Å²) in [5.74, 6) is 0.0169. The molecular weight excluding hydrogens is 330 g/mol. The number of esters is 1. The highest BCUT2D eigenvalue weighted by Gasteiger charge is 2.37. The molecule has 3 rings (SSSR count). The summed E-state index contributed by atoms with van der Waals surface area (Å²) < 4.78 is 7.10. The lowest BCUT2D eigenvalue weighted by atomic mass is 9.95. The van der Waals surface area contributed by atoms with Crippen molar-refractivity contribution in [2.45, 2.75) is 39.3 Å². The quantitative estimate of drug-likeness (QED) is 0.841. The molecule has 0 amide bonds. The number of nitrogens with zero attached hydrogens (tertiary/aromatic N) is 4. The van der Waals surface area contributed by atoms with Gasteiger partial charge in [0, 0.05) is 16.3 Å². The molecule has 1 aromatic carbocycles. The standard InChI is InChI=1S/C16H18ClN5O2/c1-9-12(14(23)24-16(2,3)4)13(10-7-5-6-8-11(10)17)22-15(18-9)19-20-21-22/h5-8,13H,1-4H3,(H,18,19,21)/t13-/m1/s1. The van der Waals surface area contributed by atoms with E-state index in [2.05, 4.69) is 20.8 Å². The van der Waals surface area contributed by atoms with Gasteiger partial charge in [0.25, 0.3) is 0 Å². The highest BCUT2D eigenvalue weighted by Crippen LogP contribution is 2.38. The Labute approximate surface area is 144 Å². The van der Waals surface area contributed by atoms with E-state index in [0.29, 0.717) is 22.2 Å². The largest absolute Gasteiger partial charge is 0.456 e. The van der Waals surface area contributed by atoms with Gasteiger partial charge >= 0.3 is 5.97 Å². The third-order valence-electron chi connectivity index (χ3n) is 3.53. The Bertz CT molecular complexity index is 822. The van der Waals surface area contributed by atoms with E-state index in [4.69, 9.17) is 16.3 Å². The number of halogens is 1. The molecule has 7 nitrogen and oxygen atoms in total. The lowest BCUT2D eigenvalue weighted by molar-refractivity contribution is -0.150. The number of allylic oxidation sites excluding steroid dienone is 1. The molecule has 0 aliphatic carbocycles. The molecule has 0 unspecified atom stereocenters. The zero-order chi connectivity index (χ0) is 17.5. The maximum Gasteiger partial charge on any atom is 0.338 e. The van der Waals surface area contributed by atoms with E-state index in [9.17, 15) is 4.79 Å². The van der Waals surface area contributed by atoms with E-state index in [-0.39, 0.29) is 0 Å². The van der Waals surface area contributed by atoms with Gasteiger partial charge < -0.3 is 10.1 Å². The van der Waals surface area contributed by atoms with Crippen LogP contribution >= 0.6 is 11.6 Å². The van der Waals surface area contributed by atoms with Crippen LogP contribution in [0.15, 0.2) is 35.5 Å². The minimum Gasteiger partial charge on any atom is -0.456 e. The molecule has 0 fully saturated rings. The summed E-state index contributed by atoms with van der Waals surface area (Å²) in [5, 5.41) is 15.2. The van der Waals surface area contributed by atoms with E-state index in [0.717, 1.165) is 5.56 Å². The number of fused-ring (bicyclic) bond motifs is 1. The molecule has 24 heavy (non-hydrogen) atoms. The number of carbonyl (C=O) groups is 1. The van der Waals surface area contributed by atoms with Crippen LogP contribution in [0.5, 0.6) is 0 Å². The average molecular weight is 348 g/mol. The minimum absolute atomic E-state index is 0.429. The van der Waals surface area contributed by atoms with Crippen LogP contribution < -0.4 is 5.32 Å². The average Bonchev–Trinajstić information content (AvgIpc) is 2.92. The van der Waals surface area contributed by atoms with Crippen molar-refractivity contribution < 1.29 is 9.53 Å². The first-order chi connectivity index (χ1) is 11.3. The summed E-state index contributed by atoms with van der Waals surface area (Å²) in [4.78, 5) is 12.8. The molecule has 0 saturated heterocycles. The third kappa shape index (κ3) is 2.99. The molecule has 0 bridgehead atoms. The highest BCUT2D eigenvalue weighted by molar-refractivity contribution is 6.31. The van der Waals surface area contributed by atoms with Crippen molar-refractivity contribution in [3.63, 3.8) is 0 Å².